The fourth-order valence-electron chi connectivity index (χ4n) is 6.20. The molecule has 1 aliphatic heterocycles. The zero-order chi connectivity index (χ0) is 23.9. The summed E-state index contributed by atoms with van der Waals surface area (Å²) in [6.07, 6.45) is 7.15. The second-order valence-corrected chi connectivity index (χ2v) is 10.6. The van der Waals surface area contributed by atoms with Crippen molar-refractivity contribution in [2.24, 2.45) is 11.8 Å². The Morgan fingerprint density at radius 2 is 2.15 bits per heavy atom. The molecule has 2 aromatic rings. The number of aliphatic hydroxyl groups is 1. The number of aryl methyl sites for hydroxylation is 1. The minimum atomic E-state index is -0.942. The summed E-state index contributed by atoms with van der Waals surface area (Å²) in [6, 6.07) is 11.3. The summed E-state index contributed by atoms with van der Waals surface area (Å²) < 4.78 is 6.41. The van der Waals surface area contributed by atoms with Crippen LogP contribution in [0.25, 0.3) is 0 Å². The van der Waals surface area contributed by atoms with Gasteiger partial charge < -0.3 is 19.8 Å². The highest BCUT2D eigenvalue weighted by molar-refractivity contribution is 6.30. The predicted octanol–water partition coefficient (Wildman–Crippen LogP) is 5.47. The average molecular weight is 482 g/mol. The first kappa shape index (κ1) is 23.3. The van der Waals surface area contributed by atoms with Gasteiger partial charge in [-0.2, -0.15) is 0 Å². The molecule has 180 valence electrons. The van der Waals surface area contributed by atoms with Crippen LogP contribution in [0.4, 0.5) is 5.69 Å². The number of fused-ring (bicyclic) bond motifs is 3. The first-order chi connectivity index (χ1) is 16.4. The van der Waals surface area contributed by atoms with Gasteiger partial charge in [0.15, 0.2) is 0 Å². The molecular weight excluding hydrogens is 450 g/mol. The monoisotopic (exact) mass is 481 g/mol. The van der Waals surface area contributed by atoms with E-state index in [0.29, 0.717) is 18.9 Å². The molecule has 34 heavy (non-hydrogen) atoms. The number of rotatable bonds is 6. The Labute approximate surface area is 206 Å². The maximum Gasteiger partial charge on any atom is 0.335 e. The molecule has 1 heterocycles. The Balaban J connectivity index is 1.52. The number of aromatic carboxylic acids is 1. The second kappa shape index (κ2) is 9.27. The van der Waals surface area contributed by atoms with E-state index in [1.54, 1.807) is 24.3 Å². The number of carboxylic acids is 1. The summed E-state index contributed by atoms with van der Waals surface area (Å²) >= 11 is 6.32. The van der Waals surface area contributed by atoms with Gasteiger partial charge in [-0.05, 0) is 91.8 Å². The molecule has 0 amide bonds. The lowest BCUT2D eigenvalue weighted by Crippen LogP contribution is -2.49. The Morgan fingerprint density at radius 1 is 1.29 bits per heavy atom. The van der Waals surface area contributed by atoms with Crippen LogP contribution in [0.15, 0.2) is 49.1 Å². The number of nitrogens with zero attached hydrogens (tertiary/aromatic N) is 1. The fourth-order valence-corrected chi connectivity index (χ4v) is 6.40. The Kier molecular flexibility index (Phi) is 6.34. The average Bonchev–Trinajstić information content (AvgIpc) is 2.94. The highest BCUT2D eigenvalue weighted by Gasteiger charge is 2.44. The first-order valence-electron chi connectivity index (χ1n) is 12.2. The first-order valence-corrected chi connectivity index (χ1v) is 12.6. The van der Waals surface area contributed by atoms with Gasteiger partial charge in [0.1, 0.15) is 5.75 Å². The molecule has 5 nitrogen and oxygen atoms in total. The molecule has 1 spiro atoms. The van der Waals surface area contributed by atoms with Crippen LogP contribution >= 0.6 is 11.6 Å². The predicted molar refractivity (Wildman–Crippen MR) is 134 cm³/mol. The van der Waals surface area contributed by atoms with Crippen molar-refractivity contribution in [3.05, 3.63) is 70.8 Å². The van der Waals surface area contributed by atoms with Crippen LogP contribution in [0.3, 0.4) is 0 Å². The lowest BCUT2D eigenvalue weighted by atomic mass is 9.68. The standard InChI is InChI=1S/C28H32ClNO4/c1-2-4-25(31)22-9-6-20(22)15-30-16-28(12-3-5-18-13-21(29)8-10-23(18)28)17-34-26-11-7-19(27(32)33)14-24(26)30/h2,7-8,10-11,13-14,20,22,25,31H,1,3-6,9,12,15-17H2,(H,32,33)/t20?,22?,25?,28-/m0/s1. The fraction of sp³-hybridized carbons (Fsp3) is 0.464. The normalized spacial score (nSPS) is 26.5. The van der Waals surface area contributed by atoms with Crippen LogP contribution in [-0.2, 0) is 11.8 Å². The third-order valence-electron chi connectivity index (χ3n) is 8.12. The van der Waals surface area contributed by atoms with Gasteiger partial charge >= 0.3 is 5.97 Å². The number of hydrogen-bond acceptors (Lipinski definition) is 4. The maximum absolute atomic E-state index is 11.8. The van der Waals surface area contributed by atoms with E-state index in [2.05, 4.69) is 23.6 Å². The SMILES string of the molecule is C=CCC(O)C1CCC1CN1C[C@@]2(CCCc3cc(Cl)ccc32)COc2ccc(C(=O)O)cc21. The van der Waals surface area contributed by atoms with Crippen molar-refractivity contribution >= 4 is 23.3 Å². The van der Waals surface area contributed by atoms with Gasteiger partial charge in [-0.25, -0.2) is 4.79 Å². The molecule has 0 bridgehead atoms. The number of carboxylic acid groups (broad SMARTS) is 1. The molecule has 0 radical (unpaired) electrons. The van der Waals surface area contributed by atoms with Crippen LogP contribution in [0.1, 0.15) is 53.6 Å². The smallest absolute Gasteiger partial charge is 0.335 e. The van der Waals surface area contributed by atoms with E-state index in [-0.39, 0.29) is 23.0 Å². The van der Waals surface area contributed by atoms with E-state index in [1.165, 1.54) is 11.1 Å². The largest absolute Gasteiger partial charge is 0.490 e. The molecule has 0 aromatic heterocycles. The summed E-state index contributed by atoms with van der Waals surface area (Å²) in [5.41, 5.74) is 3.47. The summed E-state index contributed by atoms with van der Waals surface area (Å²) in [7, 11) is 0. The van der Waals surface area contributed by atoms with Gasteiger partial charge in [-0.1, -0.05) is 23.7 Å². The topological polar surface area (TPSA) is 70.0 Å². The molecular formula is C28H32ClNO4. The lowest BCUT2D eigenvalue weighted by molar-refractivity contribution is 0.0178. The van der Waals surface area contributed by atoms with Crippen LogP contribution in [0, 0.1) is 11.8 Å². The van der Waals surface area contributed by atoms with Crippen molar-refractivity contribution < 1.29 is 19.7 Å². The number of benzene rings is 2. The van der Waals surface area contributed by atoms with Crippen LogP contribution in [-0.4, -0.2) is 42.0 Å². The lowest BCUT2D eigenvalue weighted by Gasteiger charge is -2.45. The number of aliphatic hydroxyl groups excluding tert-OH is 1. The van der Waals surface area contributed by atoms with Gasteiger partial charge in [0.2, 0.25) is 0 Å². The third-order valence-corrected chi connectivity index (χ3v) is 8.35. The summed E-state index contributed by atoms with van der Waals surface area (Å²) in [6.45, 7) is 5.84. The molecule has 2 N–H and O–H groups in total. The molecule has 2 aliphatic carbocycles. The molecule has 0 saturated heterocycles. The van der Waals surface area contributed by atoms with Crippen molar-refractivity contribution in [3.8, 4) is 5.75 Å². The van der Waals surface area contributed by atoms with Gasteiger partial charge in [-0.15, -0.1) is 6.58 Å². The number of carbonyl (C=O) groups is 1. The molecule has 3 unspecified atom stereocenters. The highest BCUT2D eigenvalue weighted by atomic mass is 35.5. The van der Waals surface area contributed by atoms with Gasteiger partial charge in [-0.3, -0.25) is 0 Å². The van der Waals surface area contributed by atoms with Crippen molar-refractivity contribution in [1.82, 2.24) is 0 Å². The zero-order valence-electron chi connectivity index (χ0n) is 19.4. The van der Waals surface area contributed by atoms with E-state index in [9.17, 15) is 15.0 Å². The van der Waals surface area contributed by atoms with Crippen molar-refractivity contribution in [1.29, 1.82) is 0 Å². The van der Waals surface area contributed by atoms with Crippen LogP contribution in [0.5, 0.6) is 5.75 Å². The van der Waals surface area contributed by atoms with Crippen LogP contribution in [0.2, 0.25) is 5.02 Å². The molecule has 2 aromatic carbocycles. The molecule has 6 heteroatoms. The Bertz CT molecular complexity index is 1100. The van der Waals surface area contributed by atoms with E-state index < -0.39 is 5.97 Å². The number of ether oxygens (including phenoxy) is 1. The van der Waals surface area contributed by atoms with E-state index in [0.717, 1.165) is 61.7 Å². The van der Waals surface area contributed by atoms with Gasteiger partial charge in [0, 0.05) is 23.5 Å². The Morgan fingerprint density at radius 3 is 2.88 bits per heavy atom. The molecule has 1 saturated carbocycles. The number of anilines is 1. The quantitative estimate of drug-likeness (QED) is 0.535. The molecule has 4 atom stereocenters. The number of hydrogen-bond donors (Lipinski definition) is 2. The third kappa shape index (κ3) is 4.20. The Hall–Kier alpha value is -2.50. The highest BCUT2D eigenvalue weighted by Crippen LogP contribution is 2.46. The van der Waals surface area contributed by atoms with E-state index in [1.807, 2.05) is 6.07 Å². The van der Waals surface area contributed by atoms with Gasteiger partial charge in [0.05, 0.1) is 24.0 Å². The van der Waals surface area contributed by atoms with Crippen molar-refractivity contribution in [2.45, 2.75) is 50.0 Å². The van der Waals surface area contributed by atoms with E-state index in [4.69, 9.17) is 16.3 Å². The molecule has 1 fully saturated rings. The summed E-state index contributed by atoms with van der Waals surface area (Å²) in [5, 5.41) is 21.0. The summed E-state index contributed by atoms with van der Waals surface area (Å²) in [4.78, 5) is 14.1. The number of halogens is 1. The van der Waals surface area contributed by atoms with Crippen LogP contribution < -0.4 is 9.64 Å². The van der Waals surface area contributed by atoms with Crippen molar-refractivity contribution in [3.63, 3.8) is 0 Å². The van der Waals surface area contributed by atoms with Crippen molar-refractivity contribution in [2.75, 3.05) is 24.6 Å². The van der Waals surface area contributed by atoms with E-state index >= 15 is 0 Å². The molecule has 3 aliphatic rings. The summed E-state index contributed by atoms with van der Waals surface area (Å²) in [5.74, 6) is 0.370. The minimum absolute atomic E-state index is 0.195. The van der Waals surface area contributed by atoms with Gasteiger partial charge in [0.25, 0.3) is 0 Å². The minimum Gasteiger partial charge on any atom is -0.490 e. The second-order valence-electron chi connectivity index (χ2n) is 10.2. The maximum atomic E-state index is 11.8. The molecule has 5 rings (SSSR count). The zero-order valence-corrected chi connectivity index (χ0v) is 20.1.